The molecule has 0 aromatic heterocycles. The van der Waals surface area contributed by atoms with Crippen LogP contribution in [0.3, 0.4) is 0 Å². The van der Waals surface area contributed by atoms with Crippen LogP contribution in [0.4, 0.5) is 0 Å². The summed E-state index contributed by atoms with van der Waals surface area (Å²) in [6.07, 6.45) is 1.96. The standard InChI is InChI=1S/C11H16NO5P/c13-12-9-5-2-6-10-16-18(14,15)17-11-7-3-1-4-8-11/h1,3-4,7-8H,2,5-6,9-10H2,(H,14,15). The first-order valence-electron chi connectivity index (χ1n) is 5.65. The summed E-state index contributed by atoms with van der Waals surface area (Å²) in [6, 6.07) is 8.31. The highest BCUT2D eigenvalue weighted by atomic mass is 31.2. The molecule has 1 aromatic carbocycles. The van der Waals surface area contributed by atoms with Crippen LogP contribution in [-0.4, -0.2) is 18.0 Å². The van der Waals surface area contributed by atoms with Crippen LogP contribution in [0.5, 0.6) is 5.75 Å². The predicted octanol–water partition coefficient (Wildman–Crippen LogP) is 3.12. The molecule has 0 aliphatic carbocycles. The third-order valence-electron chi connectivity index (χ3n) is 2.11. The highest BCUT2D eigenvalue weighted by molar-refractivity contribution is 7.47. The second-order valence-electron chi connectivity index (χ2n) is 3.62. The number of benzene rings is 1. The number of nitrogens with zero attached hydrogens (tertiary/aromatic N) is 1. The van der Waals surface area contributed by atoms with Crippen molar-refractivity contribution in [3.8, 4) is 5.75 Å². The van der Waals surface area contributed by atoms with Crippen LogP contribution in [0.15, 0.2) is 35.5 Å². The van der Waals surface area contributed by atoms with Gasteiger partial charge in [0.25, 0.3) is 0 Å². The average molecular weight is 273 g/mol. The fourth-order valence-electron chi connectivity index (χ4n) is 1.28. The van der Waals surface area contributed by atoms with Gasteiger partial charge in [0.15, 0.2) is 0 Å². The zero-order valence-corrected chi connectivity index (χ0v) is 10.8. The monoisotopic (exact) mass is 273 g/mol. The molecular formula is C11H16NO5P. The van der Waals surface area contributed by atoms with Gasteiger partial charge in [0.2, 0.25) is 0 Å². The van der Waals surface area contributed by atoms with E-state index in [0.717, 1.165) is 6.42 Å². The molecular weight excluding hydrogens is 257 g/mol. The van der Waals surface area contributed by atoms with Crippen LogP contribution in [0.1, 0.15) is 19.3 Å². The molecule has 0 heterocycles. The van der Waals surface area contributed by atoms with Crippen molar-refractivity contribution in [1.29, 1.82) is 0 Å². The number of hydrogen-bond acceptors (Lipinski definition) is 5. The van der Waals surface area contributed by atoms with E-state index in [1.165, 1.54) is 0 Å². The molecule has 0 saturated carbocycles. The van der Waals surface area contributed by atoms with Crippen LogP contribution in [0.2, 0.25) is 0 Å². The summed E-state index contributed by atoms with van der Waals surface area (Å²) in [6.45, 7) is 0.372. The SMILES string of the molecule is O=NCCCCCOP(=O)(O)Oc1ccccc1. The summed E-state index contributed by atoms with van der Waals surface area (Å²) < 4.78 is 21.2. The van der Waals surface area contributed by atoms with Crippen molar-refractivity contribution in [2.24, 2.45) is 5.18 Å². The van der Waals surface area contributed by atoms with Gasteiger partial charge >= 0.3 is 7.82 Å². The Bertz CT molecular complexity index is 398. The zero-order valence-electron chi connectivity index (χ0n) is 9.90. The number of unbranched alkanes of at least 4 members (excludes halogenated alkanes) is 2. The van der Waals surface area contributed by atoms with Gasteiger partial charge in [-0.05, 0) is 31.4 Å². The Morgan fingerprint density at radius 3 is 2.56 bits per heavy atom. The Labute approximate surface area is 106 Å². The van der Waals surface area contributed by atoms with Crippen LogP contribution < -0.4 is 4.52 Å². The molecule has 0 aliphatic rings. The zero-order chi connectivity index (χ0) is 13.3. The lowest BCUT2D eigenvalue weighted by Crippen LogP contribution is -1.99. The second-order valence-corrected chi connectivity index (χ2v) is 5.00. The van der Waals surface area contributed by atoms with E-state index >= 15 is 0 Å². The molecule has 1 unspecified atom stereocenters. The second kappa shape index (κ2) is 7.97. The number of phosphoric acid groups is 1. The maximum Gasteiger partial charge on any atom is 0.527 e. The minimum atomic E-state index is -4.06. The molecule has 0 saturated heterocycles. The number of nitroso groups, excluding NO2 is 1. The topological polar surface area (TPSA) is 85.2 Å². The lowest BCUT2D eigenvalue weighted by Gasteiger charge is -2.12. The van der Waals surface area contributed by atoms with Crippen LogP contribution >= 0.6 is 7.82 Å². The van der Waals surface area contributed by atoms with Crippen LogP contribution in [0.25, 0.3) is 0 Å². The molecule has 7 heteroatoms. The molecule has 0 aliphatic heterocycles. The Morgan fingerprint density at radius 2 is 1.89 bits per heavy atom. The molecule has 6 nitrogen and oxygen atoms in total. The first-order chi connectivity index (χ1) is 8.64. The van der Waals surface area contributed by atoms with E-state index in [2.05, 4.69) is 5.18 Å². The fraction of sp³-hybridized carbons (Fsp3) is 0.455. The highest BCUT2D eigenvalue weighted by Crippen LogP contribution is 2.43. The minimum Gasteiger partial charge on any atom is -0.404 e. The van der Waals surface area contributed by atoms with Gasteiger partial charge < -0.3 is 4.52 Å². The molecule has 1 N–H and O–H groups in total. The Morgan fingerprint density at radius 1 is 1.17 bits per heavy atom. The van der Waals surface area contributed by atoms with E-state index in [9.17, 15) is 14.4 Å². The van der Waals surface area contributed by atoms with Crippen molar-refractivity contribution in [3.63, 3.8) is 0 Å². The molecule has 100 valence electrons. The van der Waals surface area contributed by atoms with Gasteiger partial charge in [0.05, 0.1) is 13.2 Å². The molecule has 1 aromatic rings. The van der Waals surface area contributed by atoms with Gasteiger partial charge in [0.1, 0.15) is 5.75 Å². The van der Waals surface area contributed by atoms with E-state index in [0.29, 0.717) is 12.8 Å². The fourth-order valence-corrected chi connectivity index (χ4v) is 2.08. The lowest BCUT2D eigenvalue weighted by atomic mass is 10.2. The van der Waals surface area contributed by atoms with E-state index in [1.807, 2.05) is 0 Å². The number of phosphoric ester groups is 1. The molecule has 0 fully saturated rings. The summed E-state index contributed by atoms with van der Waals surface area (Å²) in [4.78, 5) is 19.2. The van der Waals surface area contributed by atoms with Crippen molar-refractivity contribution in [2.45, 2.75) is 19.3 Å². The molecule has 18 heavy (non-hydrogen) atoms. The molecule has 0 amide bonds. The predicted molar refractivity (Wildman–Crippen MR) is 67.4 cm³/mol. The molecule has 1 rings (SSSR count). The number of hydrogen-bond donors (Lipinski definition) is 1. The van der Waals surface area contributed by atoms with Gasteiger partial charge in [-0.25, -0.2) is 4.57 Å². The average Bonchev–Trinajstić information content (AvgIpc) is 2.34. The third kappa shape index (κ3) is 6.49. The summed E-state index contributed by atoms with van der Waals surface area (Å²) in [5.74, 6) is 0.286. The quantitative estimate of drug-likeness (QED) is 0.424. The smallest absolute Gasteiger partial charge is 0.404 e. The first-order valence-corrected chi connectivity index (χ1v) is 7.15. The maximum atomic E-state index is 11.5. The number of para-hydroxylation sites is 1. The van der Waals surface area contributed by atoms with Crippen molar-refractivity contribution < 1.29 is 18.5 Å². The Balaban J connectivity index is 2.23. The van der Waals surface area contributed by atoms with Crippen molar-refractivity contribution >= 4 is 7.82 Å². The van der Waals surface area contributed by atoms with Gasteiger partial charge in [-0.3, -0.25) is 9.42 Å². The largest absolute Gasteiger partial charge is 0.527 e. The van der Waals surface area contributed by atoms with Gasteiger partial charge in [-0.15, -0.1) is 0 Å². The van der Waals surface area contributed by atoms with E-state index in [-0.39, 0.29) is 18.9 Å². The van der Waals surface area contributed by atoms with Gasteiger partial charge in [-0.2, -0.15) is 4.91 Å². The van der Waals surface area contributed by atoms with Gasteiger partial charge in [0, 0.05) is 0 Å². The third-order valence-corrected chi connectivity index (χ3v) is 3.06. The van der Waals surface area contributed by atoms with Crippen LogP contribution in [0, 0.1) is 4.91 Å². The summed E-state index contributed by atoms with van der Waals surface area (Å²) in [5.41, 5.74) is 0. The first kappa shape index (κ1) is 14.8. The molecule has 0 spiro atoms. The van der Waals surface area contributed by atoms with Gasteiger partial charge in [-0.1, -0.05) is 23.4 Å². The lowest BCUT2D eigenvalue weighted by molar-refractivity contribution is 0.199. The van der Waals surface area contributed by atoms with E-state index < -0.39 is 7.82 Å². The number of rotatable bonds is 9. The van der Waals surface area contributed by atoms with Crippen molar-refractivity contribution in [1.82, 2.24) is 0 Å². The van der Waals surface area contributed by atoms with Crippen molar-refractivity contribution in [2.75, 3.05) is 13.2 Å². The summed E-state index contributed by atoms with van der Waals surface area (Å²) >= 11 is 0. The molecule has 1 atom stereocenters. The summed E-state index contributed by atoms with van der Waals surface area (Å²) in [5, 5.41) is 2.72. The minimum absolute atomic E-state index is 0.111. The van der Waals surface area contributed by atoms with E-state index in [4.69, 9.17) is 9.05 Å². The molecule has 0 radical (unpaired) electrons. The highest BCUT2D eigenvalue weighted by Gasteiger charge is 2.22. The normalized spacial score (nSPS) is 13.8. The molecule has 0 bridgehead atoms. The van der Waals surface area contributed by atoms with E-state index in [1.54, 1.807) is 30.3 Å². The Kier molecular flexibility index (Phi) is 6.57. The van der Waals surface area contributed by atoms with Crippen LogP contribution in [-0.2, 0) is 9.09 Å². The summed E-state index contributed by atoms with van der Waals surface area (Å²) in [7, 11) is -4.06. The Hall–Kier alpha value is -1.23. The maximum absolute atomic E-state index is 11.5. The van der Waals surface area contributed by atoms with Crippen molar-refractivity contribution in [3.05, 3.63) is 35.2 Å².